The lowest BCUT2D eigenvalue weighted by Gasteiger charge is -2.52. The number of fused-ring (bicyclic) bond motifs is 6. The molecule has 31 heavy (non-hydrogen) atoms. The second-order valence-corrected chi connectivity index (χ2v) is 7.32. The Morgan fingerprint density at radius 1 is 0.806 bits per heavy atom. The first kappa shape index (κ1) is 20.8. The highest BCUT2D eigenvalue weighted by molar-refractivity contribution is 5.67. The Morgan fingerprint density at radius 3 is 1.58 bits per heavy atom. The van der Waals surface area contributed by atoms with E-state index in [4.69, 9.17) is 23.7 Å². The molecule has 2 N–H and O–H groups in total. The van der Waals surface area contributed by atoms with Crippen molar-refractivity contribution in [3.8, 4) is 23.0 Å². The fraction of sp³-hybridized carbons (Fsp3) is 0.364. The number of carboxylic acids is 2. The lowest BCUT2D eigenvalue weighted by molar-refractivity contribution is -0.362. The first-order chi connectivity index (χ1) is 14.8. The van der Waals surface area contributed by atoms with Crippen molar-refractivity contribution < 1.29 is 43.5 Å². The van der Waals surface area contributed by atoms with Gasteiger partial charge in [-0.25, -0.2) is 0 Å². The van der Waals surface area contributed by atoms with Gasteiger partial charge in [0.1, 0.15) is 23.0 Å². The van der Waals surface area contributed by atoms with Crippen LogP contribution in [0.2, 0.25) is 0 Å². The lowest BCUT2D eigenvalue weighted by atomic mass is 9.89. The maximum atomic E-state index is 11.4. The molecule has 0 fully saturated rings. The first-order valence-corrected chi connectivity index (χ1v) is 9.70. The summed E-state index contributed by atoms with van der Waals surface area (Å²) >= 11 is 0. The van der Waals surface area contributed by atoms with Crippen LogP contribution in [-0.4, -0.2) is 36.4 Å². The van der Waals surface area contributed by atoms with Crippen molar-refractivity contribution in [1.82, 2.24) is 0 Å². The molecule has 0 saturated carbocycles. The van der Waals surface area contributed by atoms with Gasteiger partial charge in [0.15, 0.2) is 0 Å². The predicted molar refractivity (Wildman–Crippen MR) is 105 cm³/mol. The average molecular weight is 430 g/mol. The number of aliphatic carboxylic acids is 2. The average Bonchev–Trinajstić information content (AvgIpc) is 2.76. The van der Waals surface area contributed by atoms with Crippen LogP contribution in [0.5, 0.6) is 23.0 Å². The maximum Gasteiger partial charge on any atom is 0.303 e. The van der Waals surface area contributed by atoms with Crippen molar-refractivity contribution in [3.05, 3.63) is 47.5 Å². The van der Waals surface area contributed by atoms with Crippen LogP contribution < -0.4 is 18.9 Å². The third-order valence-corrected chi connectivity index (χ3v) is 5.41. The van der Waals surface area contributed by atoms with Crippen LogP contribution in [0, 0.1) is 0 Å². The molecule has 9 nitrogen and oxygen atoms in total. The molecule has 9 heteroatoms. The van der Waals surface area contributed by atoms with Gasteiger partial charge < -0.3 is 29.2 Å². The van der Waals surface area contributed by atoms with Gasteiger partial charge in [-0.15, -0.1) is 0 Å². The van der Waals surface area contributed by atoms with Crippen LogP contribution in [0.3, 0.4) is 0 Å². The van der Waals surface area contributed by atoms with E-state index in [2.05, 4.69) is 0 Å². The summed E-state index contributed by atoms with van der Waals surface area (Å²) < 4.78 is 29.5. The molecule has 0 aliphatic carbocycles. The molecule has 4 rings (SSSR count). The van der Waals surface area contributed by atoms with E-state index >= 15 is 0 Å². The summed E-state index contributed by atoms with van der Waals surface area (Å²) in [6.45, 7) is 0. The highest BCUT2D eigenvalue weighted by atomic mass is 16.8. The molecular weight excluding hydrogens is 408 g/mol. The zero-order chi connectivity index (χ0) is 22.2. The Bertz CT molecular complexity index is 952. The van der Waals surface area contributed by atoms with E-state index in [1.807, 2.05) is 0 Å². The molecule has 0 unspecified atom stereocenters. The molecule has 2 aromatic rings. The number of carbonyl (C=O) groups is 2. The van der Waals surface area contributed by atoms with E-state index in [9.17, 15) is 19.8 Å². The first-order valence-electron chi connectivity index (χ1n) is 9.70. The van der Waals surface area contributed by atoms with Crippen LogP contribution in [0.4, 0.5) is 0 Å². The van der Waals surface area contributed by atoms with Gasteiger partial charge in [0.25, 0.3) is 0 Å². The SMILES string of the molecule is COc1ccc2c(c1)[C@]1(CCC(=O)O)Oc3ccc(OC)cc3[C@](CCC(=O)O)(O2)O1. The van der Waals surface area contributed by atoms with E-state index in [1.54, 1.807) is 36.4 Å². The minimum Gasteiger partial charge on any atom is -0.497 e. The summed E-state index contributed by atoms with van der Waals surface area (Å²) in [7, 11) is 3.02. The molecule has 2 bridgehead atoms. The lowest BCUT2D eigenvalue weighted by Crippen LogP contribution is -2.55. The molecule has 2 aromatic carbocycles. The number of hydrogen-bond acceptors (Lipinski definition) is 7. The Kier molecular flexibility index (Phi) is 5.14. The minimum absolute atomic E-state index is 0.0217. The number of benzene rings is 2. The van der Waals surface area contributed by atoms with Gasteiger partial charge in [0.2, 0.25) is 11.6 Å². The second-order valence-electron chi connectivity index (χ2n) is 7.32. The van der Waals surface area contributed by atoms with Gasteiger partial charge in [-0.05, 0) is 36.4 Å². The zero-order valence-corrected chi connectivity index (χ0v) is 17.0. The minimum atomic E-state index is -1.50. The number of rotatable bonds is 8. The van der Waals surface area contributed by atoms with E-state index in [1.165, 1.54) is 14.2 Å². The molecule has 2 atom stereocenters. The highest BCUT2D eigenvalue weighted by Crippen LogP contribution is 2.57. The normalized spacial score (nSPS) is 22.9. The summed E-state index contributed by atoms with van der Waals surface area (Å²) in [6, 6.07) is 10.1. The summed E-state index contributed by atoms with van der Waals surface area (Å²) in [4.78, 5) is 22.8. The van der Waals surface area contributed by atoms with Crippen LogP contribution in [0.15, 0.2) is 36.4 Å². The van der Waals surface area contributed by atoms with Gasteiger partial charge in [-0.2, -0.15) is 0 Å². The summed E-state index contributed by atoms with van der Waals surface area (Å²) in [5, 5.41) is 18.7. The molecular formula is C22H22O9. The van der Waals surface area contributed by atoms with Crippen molar-refractivity contribution in [3.63, 3.8) is 0 Å². The van der Waals surface area contributed by atoms with E-state index in [0.29, 0.717) is 34.1 Å². The van der Waals surface area contributed by atoms with Crippen LogP contribution in [0.25, 0.3) is 0 Å². The van der Waals surface area contributed by atoms with E-state index in [-0.39, 0.29) is 25.7 Å². The molecule has 0 amide bonds. The molecule has 0 radical (unpaired) electrons. The van der Waals surface area contributed by atoms with E-state index < -0.39 is 23.5 Å². The van der Waals surface area contributed by atoms with Crippen LogP contribution >= 0.6 is 0 Å². The standard InChI is InChI=1S/C22H22O9/c1-27-13-3-5-17-15(11-13)21(9-7-19(23)24)30-18-6-4-14(28-2)12-16(18)22(29-17,31-21)10-8-20(25)26/h3-6,11-12H,7-10H2,1-2H3,(H,23,24)(H,25,26)/t21-,22-/m1/s1. The fourth-order valence-corrected chi connectivity index (χ4v) is 3.95. The molecule has 2 aliphatic rings. The summed E-state index contributed by atoms with van der Waals surface area (Å²) in [5.41, 5.74) is 0.945. The van der Waals surface area contributed by atoms with Gasteiger partial charge in [0.05, 0.1) is 38.2 Å². The molecule has 164 valence electrons. The number of methoxy groups -OCH3 is 2. The second kappa shape index (κ2) is 7.66. The fourth-order valence-electron chi connectivity index (χ4n) is 3.95. The largest absolute Gasteiger partial charge is 0.497 e. The van der Waals surface area contributed by atoms with Crippen molar-refractivity contribution in [2.75, 3.05) is 14.2 Å². The molecule has 0 spiro atoms. The highest BCUT2D eigenvalue weighted by Gasteiger charge is 2.58. The topological polar surface area (TPSA) is 121 Å². The Morgan fingerprint density at radius 2 is 1.23 bits per heavy atom. The third-order valence-electron chi connectivity index (χ3n) is 5.41. The number of carboxylic acid groups (broad SMARTS) is 2. The van der Waals surface area contributed by atoms with Crippen molar-refractivity contribution in [1.29, 1.82) is 0 Å². The van der Waals surface area contributed by atoms with Gasteiger partial charge in [-0.3, -0.25) is 14.3 Å². The monoisotopic (exact) mass is 430 g/mol. The third kappa shape index (κ3) is 3.61. The Balaban J connectivity index is 1.92. The molecule has 0 aromatic heterocycles. The summed E-state index contributed by atoms with van der Waals surface area (Å²) in [6.07, 6.45) is -0.521. The van der Waals surface area contributed by atoms with E-state index in [0.717, 1.165) is 0 Å². The quantitative estimate of drug-likeness (QED) is 0.650. The smallest absolute Gasteiger partial charge is 0.303 e. The predicted octanol–water partition coefficient (Wildman–Crippen LogP) is 3.24. The molecule has 2 aliphatic heterocycles. The molecule has 2 heterocycles. The Hall–Kier alpha value is -3.46. The maximum absolute atomic E-state index is 11.4. The van der Waals surface area contributed by atoms with Crippen molar-refractivity contribution in [2.45, 2.75) is 37.3 Å². The Labute approximate surface area is 178 Å². The van der Waals surface area contributed by atoms with Crippen LogP contribution in [-0.2, 0) is 25.9 Å². The molecule has 0 saturated heterocycles. The van der Waals surface area contributed by atoms with Gasteiger partial charge >= 0.3 is 11.9 Å². The summed E-state index contributed by atoms with van der Waals surface area (Å²) in [5.74, 6) is -3.21. The zero-order valence-electron chi connectivity index (χ0n) is 17.0. The number of ether oxygens (including phenoxy) is 5. The van der Waals surface area contributed by atoms with Gasteiger partial charge in [-0.1, -0.05) is 0 Å². The number of hydrogen-bond donors (Lipinski definition) is 2. The van der Waals surface area contributed by atoms with Gasteiger partial charge in [0, 0.05) is 12.8 Å². The van der Waals surface area contributed by atoms with Crippen molar-refractivity contribution >= 4 is 11.9 Å². The van der Waals surface area contributed by atoms with Crippen molar-refractivity contribution in [2.24, 2.45) is 0 Å². The van der Waals surface area contributed by atoms with Crippen LogP contribution in [0.1, 0.15) is 36.8 Å².